The fraction of sp³-hybridized carbons (Fsp3) is 0.448. The van der Waals surface area contributed by atoms with Crippen molar-refractivity contribution in [2.45, 2.75) is 74.8 Å². The Hall–Kier alpha value is -3.72. The van der Waals surface area contributed by atoms with Crippen LogP contribution in [0.3, 0.4) is 0 Å². The van der Waals surface area contributed by atoms with Crippen LogP contribution in [0.1, 0.15) is 75.8 Å². The zero-order valence-electron chi connectivity index (χ0n) is 23.5. The number of Topliss-reactive ketones (excluding diaryl/α,β-unsaturated/α-hetero) is 1. The molecule has 0 bridgehead atoms. The lowest BCUT2D eigenvalue weighted by Crippen LogP contribution is -2.57. The zero-order chi connectivity index (χ0) is 32.5. The number of alkyl halides is 4. The van der Waals surface area contributed by atoms with Gasteiger partial charge < -0.3 is 34.8 Å². The third-order valence-corrected chi connectivity index (χ3v) is 8.73. The lowest BCUT2D eigenvalue weighted by molar-refractivity contribution is -0.228. The van der Waals surface area contributed by atoms with Gasteiger partial charge in [0.25, 0.3) is 0 Å². The molecule has 0 spiro atoms. The Morgan fingerprint density at radius 1 is 1.11 bits per heavy atom. The molecule has 1 saturated heterocycles. The molecule has 0 saturated carbocycles. The molecule has 2 aromatic rings. The minimum absolute atomic E-state index is 0.0479. The first kappa shape index (κ1) is 31.7. The van der Waals surface area contributed by atoms with Crippen LogP contribution in [0.5, 0.6) is 17.2 Å². The van der Waals surface area contributed by atoms with Gasteiger partial charge >= 0.3 is 12.1 Å². The van der Waals surface area contributed by atoms with Crippen molar-refractivity contribution < 1.29 is 61.9 Å². The number of benzene rings is 2. The van der Waals surface area contributed by atoms with E-state index in [9.17, 15) is 47.7 Å². The number of carbonyl (C=O) groups is 4. The maximum absolute atomic E-state index is 13.7. The molecule has 0 radical (unpaired) electrons. The van der Waals surface area contributed by atoms with Crippen LogP contribution in [-0.2, 0) is 25.5 Å². The number of phenols is 2. The summed E-state index contributed by atoms with van der Waals surface area (Å²) in [7, 11) is 1.29. The summed E-state index contributed by atoms with van der Waals surface area (Å²) in [5.74, 6) is -6.00. The number of fused-ring (bicyclic) bond motifs is 3. The summed E-state index contributed by atoms with van der Waals surface area (Å²) in [4.78, 5) is 51.3. The third kappa shape index (κ3) is 5.09. The summed E-state index contributed by atoms with van der Waals surface area (Å²) in [6.45, 7) is 2.44. The van der Waals surface area contributed by atoms with Crippen LogP contribution in [0.15, 0.2) is 18.2 Å². The van der Waals surface area contributed by atoms with Gasteiger partial charge in [0.15, 0.2) is 17.9 Å². The van der Waals surface area contributed by atoms with Crippen molar-refractivity contribution in [1.82, 2.24) is 5.32 Å². The van der Waals surface area contributed by atoms with Gasteiger partial charge in [0, 0.05) is 36.0 Å². The number of ketones is 3. The molecule has 236 valence electrons. The summed E-state index contributed by atoms with van der Waals surface area (Å²) < 4.78 is 55.4. The monoisotopic (exact) mass is 641 g/mol. The van der Waals surface area contributed by atoms with Gasteiger partial charge in [-0.2, -0.15) is 13.2 Å². The van der Waals surface area contributed by atoms with Crippen molar-refractivity contribution in [1.29, 1.82) is 0 Å². The van der Waals surface area contributed by atoms with Gasteiger partial charge in [-0.05, 0) is 19.9 Å². The number of nitrogens with one attached hydrogen (secondary N) is 1. The Labute approximate surface area is 252 Å². The number of hydrogen-bond acceptors (Lipinski definition) is 10. The number of ether oxygens (including phenoxy) is 3. The summed E-state index contributed by atoms with van der Waals surface area (Å²) in [6, 6.07) is 3.00. The number of phenolic OH excluding ortho intramolecular Hbond substituents is 2. The molecule has 44 heavy (non-hydrogen) atoms. The zero-order valence-corrected chi connectivity index (χ0v) is 24.2. The van der Waals surface area contributed by atoms with E-state index in [1.807, 2.05) is 0 Å². The van der Waals surface area contributed by atoms with E-state index < -0.39 is 100 Å². The molecule has 6 atom stereocenters. The van der Waals surface area contributed by atoms with E-state index in [0.29, 0.717) is 0 Å². The Bertz CT molecular complexity index is 1580. The van der Waals surface area contributed by atoms with Crippen molar-refractivity contribution in [3.8, 4) is 17.2 Å². The van der Waals surface area contributed by atoms with E-state index in [-0.39, 0.29) is 34.4 Å². The Morgan fingerprint density at radius 2 is 1.77 bits per heavy atom. The third-order valence-electron chi connectivity index (χ3n) is 8.28. The van der Waals surface area contributed by atoms with Crippen LogP contribution < -0.4 is 10.1 Å². The summed E-state index contributed by atoms with van der Waals surface area (Å²) in [5, 5.41) is 34.8. The van der Waals surface area contributed by atoms with Crippen LogP contribution in [0.4, 0.5) is 13.2 Å². The Morgan fingerprint density at radius 3 is 2.36 bits per heavy atom. The number of aliphatic hydroxyl groups is 1. The van der Waals surface area contributed by atoms with Crippen molar-refractivity contribution >= 4 is 34.9 Å². The maximum Gasteiger partial charge on any atom is 0.471 e. The van der Waals surface area contributed by atoms with Gasteiger partial charge in [-0.25, -0.2) is 0 Å². The van der Waals surface area contributed by atoms with E-state index >= 15 is 0 Å². The van der Waals surface area contributed by atoms with Crippen molar-refractivity contribution in [2.75, 3.05) is 7.11 Å². The fourth-order valence-corrected chi connectivity index (χ4v) is 6.43. The van der Waals surface area contributed by atoms with Crippen LogP contribution in [-0.4, -0.2) is 81.3 Å². The van der Waals surface area contributed by atoms with Crippen molar-refractivity contribution in [3.05, 3.63) is 51.6 Å². The van der Waals surface area contributed by atoms with Gasteiger partial charge in [0.2, 0.25) is 5.78 Å². The summed E-state index contributed by atoms with van der Waals surface area (Å²) >= 11 is 6.32. The topological polar surface area (TPSA) is 169 Å². The number of halogens is 4. The first-order chi connectivity index (χ1) is 20.5. The molecule has 1 fully saturated rings. The highest BCUT2D eigenvalue weighted by atomic mass is 35.5. The smallest absolute Gasteiger partial charge is 0.471 e. The first-order valence-electron chi connectivity index (χ1n) is 13.4. The van der Waals surface area contributed by atoms with E-state index in [1.165, 1.54) is 32.2 Å². The molecular formula is C29H27ClF3NO10. The maximum atomic E-state index is 13.7. The van der Waals surface area contributed by atoms with Crippen LogP contribution in [0.25, 0.3) is 0 Å². The fourth-order valence-electron chi connectivity index (χ4n) is 6.02. The van der Waals surface area contributed by atoms with Crippen molar-refractivity contribution in [2.24, 2.45) is 0 Å². The average molecular weight is 642 g/mol. The SMILES string of the molecule is COc1cccc2c1C(=O)c1c(O)c3c(c(O)c1C2=O)C[C@@](O)(C(C)=O)C[C@@H]3OC1CC(Cl)C(NC(=O)C(F)(F)F)C(C)O1. The quantitative estimate of drug-likeness (QED) is 0.240. The van der Waals surface area contributed by atoms with Gasteiger partial charge in [0.1, 0.15) is 22.8 Å². The molecular weight excluding hydrogens is 615 g/mol. The standard InChI is InChI=1S/C29H27ClF3NO10/c1-10-22(34-27(40)29(31,32)33)14(30)7-17(43-10)44-16-9-28(41,11(2)35)8-13-19(16)26(39)21-20(24(13)37)23(36)12-5-4-6-15(42-3)18(12)25(21)38/h4-6,10,14,16-17,22,37,39,41H,7-9H2,1-3H3,(H,34,40)/t10?,14?,16-,17?,22?,28-/m0/s1. The molecule has 1 amide bonds. The Balaban J connectivity index is 1.56. The molecule has 1 heterocycles. The van der Waals surface area contributed by atoms with E-state index in [0.717, 1.165) is 6.92 Å². The van der Waals surface area contributed by atoms with E-state index in [2.05, 4.69) is 0 Å². The van der Waals surface area contributed by atoms with Crippen LogP contribution in [0.2, 0.25) is 0 Å². The predicted octanol–water partition coefficient (Wildman–Crippen LogP) is 3.00. The molecule has 0 aromatic heterocycles. The highest BCUT2D eigenvalue weighted by Gasteiger charge is 2.50. The second kappa shape index (κ2) is 11.0. The highest BCUT2D eigenvalue weighted by Crippen LogP contribution is 2.52. The van der Waals surface area contributed by atoms with Crippen LogP contribution in [0, 0.1) is 0 Å². The lowest BCUT2D eigenvalue weighted by atomic mass is 9.72. The molecule has 2 aromatic carbocycles. The van der Waals surface area contributed by atoms with Gasteiger partial charge in [-0.15, -0.1) is 11.6 Å². The normalized spacial score (nSPS) is 28.0. The molecule has 4 N–H and O–H groups in total. The number of methoxy groups -OCH3 is 1. The first-order valence-corrected chi connectivity index (χ1v) is 13.9. The van der Waals surface area contributed by atoms with Crippen molar-refractivity contribution in [3.63, 3.8) is 0 Å². The molecule has 4 unspecified atom stereocenters. The summed E-state index contributed by atoms with van der Waals surface area (Å²) in [6.07, 6.45) is -10.3. The molecule has 1 aliphatic heterocycles. The summed E-state index contributed by atoms with van der Waals surface area (Å²) in [5.41, 5.74) is -3.85. The number of aromatic hydroxyl groups is 2. The molecule has 15 heteroatoms. The van der Waals surface area contributed by atoms with E-state index in [4.69, 9.17) is 25.8 Å². The number of rotatable bonds is 5. The minimum atomic E-state index is -5.16. The highest BCUT2D eigenvalue weighted by molar-refractivity contribution is 6.31. The average Bonchev–Trinajstić information content (AvgIpc) is 2.94. The van der Waals surface area contributed by atoms with Crippen LogP contribution >= 0.6 is 11.6 Å². The second-order valence-corrected chi connectivity index (χ2v) is 11.6. The van der Waals surface area contributed by atoms with Gasteiger partial charge in [0.05, 0.1) is 47.4 Å². The molecule has 5 rings (SSSR count). The van der Waals surface area contributed by atoms with Gasteiger partial charge in [-0.1, -0.05) is 12.1 Å². The largest absolute Gasteiger partial charge is 0.507 e. The van der Waals surface area contributed by atoms with E-state index in [1.54, 1.807) is 5.32 Å². The molecule has 11 nitrogen and oxygen atoms in total. The molecule has 3 aliphatic rings. The minimum Gasteiger partial charge on any atom is -0.507 e. The number of carbonyl (C=O) groups excluding carboxylic acids is 4. The lowest BCUT2D eigenvalue weighted by Gasteiger charge is -2.42. The number of hydrogen-bond donors (Lipinski definition) is 4. The number of amides is 1. The predicted molar refractivity (Wildman–Crippen MR) is 144 cm³/mol. The second-order valence-electron chi connectivity index (χ2n) is 11.0. The Kier molecular flexibility index (Phi) is 7.94. The molecule has 2 aliphatic carbocycles. The van der Waals surface area contributed by atoms with Gasteiger partial charge in [-0.3, -0.25) is 19.2 Å².